The average Bonchev–Trinajstić information content (AvgIpc) is 3.37. The Labute approximate surface area is 167 Å². The number of fused-ring (bicyclic) bond motifs is 1. The van der Waals surface area contributed by atoms with Crippen molar-refractivity contribution in [2.24, 2.45) is 4.99 Å². The van der Waals surface area contributed by atoms with E-state index in [2.05, 4.69) is 20.6 Å². The fourth-order valence-corrected chi connectivity index (χ4v) is 5.74. The van der Waals surface area contributed by atoms with Gasteiger partial charge in [0.05, 0.1) is 21.7 Å². The van der Waals surface area contributed by atoms with E-state index in [1.165, 1.54) is 0 Å². The summed E-state index contributed by atoms with van der Waals surface area (Å²) in [5, 5.41) is 7.21. The van der Waals surface area contributed by atoms with Crippen LogP contribution >= 0.6 is 11.3 Å². The number of para-hydroxylation sites is 1. The number of rotatable bonds is 5. The summed E-state index contributed by atoms with van der Waals surface area (Å²) in [7, 11) is -2.93. The maximum absolute atomic E-state index is 11.6. The van der Waals surface area contributed by atoms with E-state index in [0.717, 1.165) is 26.7 Å². The molecular formula is C19H22N4O3S2. The minimum atomic E-state index is -2.93. The second-order valence-corrected chi connectivity index (χ2v) is 9.95. The van der Waals surface area contributed by atoms with Crippen molar-refractivity contribution in [3.63, 3.8) is 0 Å². The van der Waals surface area contributed by atoms with Gasteiger partial charge in [-0.3, -0.25) is 0 Å². The van der Waals surface area contributed by atoms with Crippen LogP contribution in [0, 0.1) is 0 Å². The van der Waals surface area contributed by atoms with Crippen LogP contribution in [0.5, 0.6) is 0 Å². The van der Waals surface area contributed by atoms with Gasteiger partial charge in [0.2, 0.25) is 0 Å². The van der Waals surface area contributed by atoms with Crippen LogP contribution in [0.4, 0.5) is 0 Å². The molecule has 0 amide bonds. The normalized spacial score (nSPS) is 19.2. The first-order valence-corrected chi connectivity index (χ1v) is 11.9. The van der Waals surface area contributed by atoms with Crippen LogP contribution in [0.2, 0.25) is 0 Å². The zero-order chi connectivity index (χ0) is 19.6. The Balaban J connectivity index is 1.45. The van der Waals surface area contributed by atoms with Crippen LogP contribution in [-0.4, -0.2) is 43.5 Å². The Morgan fingerprint density at radius 1 is 1.32 bits per heavy atom. The topological polar surface area (TPSA) is 96.6 Å². The zero-order valence-corrected chi connectivity index (χ0v) is 17.1. The molecule has 0 spiro atoms. The van der Waals surface area contributed by atoms with E-state index >= 15 is 0 Å². The van der Waals surface area contributed by atoms with E-state index in [4.69, 9.17) is 4.42 Å². The monoisotopic (exact) mass is 418 g/mol. The predicted octanol–water partition coefficient (Wildman–Crippen LogP) is 2.80. The molecule has 7 nitrogen and oxygen atoms in total. The molecule has 28 heavy (non-hydrogen) atoms. The molecular weight excluding hydrogens is 396 g/mol. The van der Waals surface area contributed by atoms with Crippen LogP contribution in [0.25, 0.3) is 21.0 Å². The van der Waals surface area contributed by atoms with Gasteiger partial charge in [-0.2, -0.15) is 0 Å². The molecule has 2 aromatic heterocycles. The number of sulfone groups is 1. The van der Waals surface area contributed by atoms with Crippen LogP contribution in [0.15, 0.2) is 45.8 Å². The molecule has 1 fully saturated rings. The second kappa shape index (κ2) is 7.92. The lowest BCUT2D eigenvalue weighted by Crippen LogP contribution is -2.44. The van der Waals surface area contributed by atoms with Crippen molar-refractivity contribution in [1.29, 1.82) is 0 Å². The molecule has 4 rings (SSSR count). The Kier molecular flexibility index (Phi) is 5.36. The number of benzene rings is 1. The van der Waals surface area contributed by atoms with E-state index in [-0.39, 0.29) is 17.5 Å². The van der Waals surface area contributed by atoms with E-state index < -0.39 is 9.84 Å². The summed E-state index contributed by atoms with van der Waals surface area (Å²) in [5.41, 5.74) is 0.962. The smallest absolute Gasteiger partial charge is 0.191 e. The first-order valence-electron chi connectivity index (χ1n) is 9.22. The van der Waals surface area contributed by atoms with Crippen LogP contribution in [0.1, 0.15) is 19.1 Å². The summed E-state index contributed by atoms with van der Waals surface area (Å²) >= 11 is 1.60. The predicted molar refractivity (Wildman–Crippen MR) is 112 cm³/mol. The molecule has 3 aromatic rings. The average molecular weight is 419 g/mol. The van der Waals surface area contributed by atoms with Gasteiger partial charge in [-0.05, 0) is 37.6 Å². The molecule has 0 bridgehead atoms. The third-order valence-electron chi connectivity index (χ3n) is 4.48. The van der Waals surface area contributed by atoms with Crippen LogP contribution in [-0.2, 0) is 16.4 Å². The molecule has 1 unspecified atom stereocenters. The standard InChI is InChI=1S/C19H22N4O3S2/c1-2-20-19(22-13-9-10-28(24,25)12-13)21-11-14-7-8-16(26-14)18-23-15-5-3-4-6-17(15)27-18/h3-8,13H,2,9-12H2,1H3,(H2,20,21,22). The Morgan fingerprint density at radius 3 is 2.93 bits per heavy atom. The number of nitrogens with zero attached hydrogens (tertiary/aromatic N) is 2. The molecule has 2 N–H and O–H groups in total. The Morgan fingerprint density at radius 2 is 2.18 bits per heavy atom. The van der Waals surface area contributed by atoms with Gasteiger partial charge in [0, 0.05) is 12.6 Å². The number of hydrogen-bond donors (Lipinski definition) is 2. The van der Waals surface area contributed by atoms with E-state index in [1.807, 2.05) is 43.3 Å². The number of aromatic nitrogens is 1. The quantitative estimate of drug-likeness (QED) is 0.489. The van der Waals surface area contributed by atoms with E-state index in [1.54, 1.807) is 11.3 Å². The maximum atomic E-state index is 11.6. The number of furan rings is 1. The molecule has 148 valence electrons. The first kappa shape index (κ1) is 18.9. The first-order chi connectivity index (χ1) is 13.5. The highest BCUT2D eigenvalue weighted by Crippen LogP contribution is 2.31. The van der Waals surface area contributed by atoms with Crippen LogP contribution < -0.4 is 10.6 Å². The van der Waals surface area contributed by atoms with Crippen molar-refractivity contribution < 1.29 is 12.8 Å². The number of nitrogens with one attached hydrogen (secondary N) is 2. The van der Waals surface area contributed by atoms with Gasteiger partial charge >= 0.3 is 0 Å². The summed E-state index contributed by atoms with van der Waals surface area (Å²) in [4.78, 5) is 9.14. The molecule has 1 aromatic carbocycles. The van der Waals surface area contributed by atoms with Crippen molar-refractivity contribution in [3.05, 3.63) is 42.2 Å². The number of hydrogen-bond acceptors (Lipinski definition) is 6. The fraction of sp³-hybridized carbons (Fsp3) is 0.368. The molecule has 0 saturated carbocycles. The summed E-state index contributed by atoms with van der Waals surface area (Å²) in [6.45, 7) is 3.03. The molecule has 1 atom stereocenters. The molecule has 1 aliphatic rings. The molecule has 1 aliphatic heterocycles. The van der Waals surface area contributed by atoms with Crippen LogP contribution in [0.3, 0.4) is 0 Å². The minimum absolute atomic E-state index is 0.0993. The lowest BCUT2D eigenvalue weighted by molar-refractivity contribution is 0.524. The molecule has 9 heteroatoms. The summed E-state index contributed by atoms with van der Waals surface area (Å²) in [5.74, 6) is 2.44. The van der Waals surface area contributed by atoms with Gasteiger partial charge in [0.1, 0.15) is 12.3 Å². The summed E-state index contributed by atoms with van der Waals surface area (Å²) in [6.07, 6.45) is 0.606. The summed E-state index contributed by atoms with van der Waals surface area (Å²) in [6, 6.07) is 11.7. The van der Waals surface area contributed by atoms with Crippen molar-refractivity contribution in [2.75, 3.05) is 18.1 Å². The lowest BCUT2D eigenvalue weighted by atomic mass is 10.3. The van der Waals surface area contributed by atoms with E-state index in [9.17, 15) is 8.42 Å². The van der Waals surface area contributed by atoms with Gasteiger partial charge in [0.25, 0.3) is 0 Å². The van der Waals surface area contributed by atoms with Gasteiger partial charge in [-0.25, -0.2) is 18.4 Å². The van der Waals surface area contributed by atoms with Gasteiger partial charge in [-0.1, -0.05) is 12.1 Å². The van der Waals surface area contributed by atoms with Crippen molar-refractivity contribution >= 4 is 37.4 Å². The minimum Gasteiger partial charge on any atom is -0.457 e. The Bertz CT molecular complexity index is 1070. The third-order valence-corrected chi connectivity index (χ3v) is 7.30. The number of thiazole rings is 1. The molecule has 0 aliphatic carbocycles. The Hall–Kier alpha value is -2.39. The molecule has 0 radical (unpaired) electrons. The number of aliphatic imine (C=N–C) groups is 1. The van der Waals surface area contributed by atoms with Crippen molar-refractivity contribution in [3.8, 4) is 10.8 Å². The highest BCUT2D eigenvalue weighted by atomic mass is 32.2. The maximum Gasteiger partial charge on any atom is 0.191 e. The highest BCUT2D eigenvalue weighted by molar-refractivity contribution is 7.91. The fourth-order valence-electron chi connectivity index (χ4n) is 3.13. The largest absolute Gasteiger partial charge is 0.457 e. The van der Waals surface area contributed by atoms with Gasteiger partial charge < -0.3 is 15.1 Å². The number of guanidine groups is 1. The molecule has 3 heterocycles. The highest BCUT2D eigenvalue weighted by Gasteiger charge is 2.28. The lowest BCUT2D eigenvalue weighted by Gasteiger charge is -2.15. The van der Waals surface area contributed by atoms with Gasteiger partial charge in [-0.15, -0.1) is 11.3 Å². The van der Waals surface area contributed by atoms with Crippen molar-refractivity contribution in [1.82, 2.24) is 15.6 Å². The SMILES string of the molecule is CCNC(=NCc1ccc(-c2nc3ccccc3s2)o1)NC1CCS(=O)(=O)C1. The van der Waals surface area contributed by atoms with Crippen molar-refractivity contribution in [2.45, 2.75) is 25.9 Å². The van der Waals surface area contributed by atoms with Gasteiger partial charge in [0.15, 0.2) is 26.6 Å². The third kappa shape index (κ3) is 4.36. The zero-order valence-electron chi connectivity index (χ0n) is 15.5. The second-order valence-electron chi connectivity index (χ2n) is 6.69. The summed E-state index contributed by atoms with van der Waals surface area (Å²) < 4.78 is 30.3. The molecule has 1 saturated heterocycles. The van der Waals surface area contributed by atoms with E-state index in [0.29, 0.717) is 25.5 Å².